The van der Waals surface area contributed by atoms with E-state index >= 15 is 0 Å². The molecule has 1 aromatic rings. The summed E-state index contributed by atoms with van der Waals surface area (Å²) in [6.45, 7) is 2.10. The highest BCUT2D eigenvalue weighted by Gasteiger charge is 2.07. The molecule has 0 heterocycles. The second kappa shape index (κ2) is 6.46. The smallest absolute Gasteiger partial charge is 0.338 e. The lowest BCUT2D eigenvalue weighted by atomic mass is 10.1. The third-order valence-electron chi connectivity index (χ3n) is 2.01. The van der Waals surface area contributed by atoms with E-state index in [-0.39, 0.29) is 5.97 Å². The third-order valence-corrected chi connectivity index (χ3v) is 3.17. The summed E-state index contributed by atoms with van der Waals surface area (Å²) in [5.41, 5.74) is 1.29. The van der Waals surface area contributed by atoms with Crippen molar-refractivity contribution in [3.05, 3.63) is 35.4 Å². The highest BCUT2D eigenvalue weighted by Crippen LogP contribution is 2.26. The van der Waals surface area contributed by atoms with Crippen molar-refractivity contribution in [2.45, 2.75) is 13.1 Å². The van der Waals surface area contributed by atoms with E-state index in [1.807, 2.05) is 6.07 Å². The monoisotopic (exact) mass is 242 g/mol. The molecule has 0 bridgehead atoms. The summed E-state index contributed by atoms with van der Waals surface area (Å²) in [5, 5.41) is 0. The Morgan fingerprint density at radius 1 is 1.44 bits per heavy atom. The second-order valence-electron chi connectivity index (χ2n) is 3.17. The Labute approximate surface area is 95.4 Å². The minimum atomic E-state index is -2.04. The maximum Gasteiger partial charge on any atom is 0.338 e. The van der Waals surface area contributed by atoms with Crippen molar-refractivity contribution in [2.75, 3.05) is 13.7 Å². The molecule has 0 radical (unpaired) electrons. The van der Waals surface area contributed by atoms with Gasteiger partial charge in [0.1, 0.15) is 0 Å². The third kappa shape index (κ3) is 3.80. The van der Waals surface area contributed by atoms with Gasteiger partial charge < -0.3 is 9.26 Å². The summed E-state index contributed by atoms with van der Waals surface area (Å²) in [6.07, 6.45) is 0.342. The van der Waals surface area contributed by atoms with Crippen LogP contribution >= 0.6 is 8.03 Å². The zero-order chi connectivity index (χ0) is 12.0. The SMILES string of the molecule is CCOC(=O)c1cccc(C[PH](=O)OC)c1. The first kappa shape index (κ1) is 12.9. The molecule has 0 aliphatic rings. The van der Waals surface area contributed by atoms with Crippen LogP contribution in [0.2, 0.25) is 0 Å². The van der Waals surface area contributed by atoms with Crippen molar-refractivity contribution in [2.24, 2.45) is 0 Å². The Morgan fingerprint density at radius 3 is 2.81 bits per heavy atom. The summed E-state index contributed by atoms with van der Waals surface area (Å²) in [5.74, 6) is -0.360. The van der Waals surface area contributed by atoms with Gasteiger partial charge in [0.25, 0.3) is 0 Å². The summed E-state index contributed by atoms with van der Waals surface area (Å²) >= 11 is 0. The van der Waals surface area contributed by atoms with Crippen molar-refractivity contribution < 1.29 is 18.6 Å². The summed E-state index contributed by atoms with van der Waals surface area (Å²) in [4.78, 5) is 11.4. The molecule has 1 unspecified atom stereocenters. The van der Waals surface area contributed by atoms with Gasteiger partial charge in [-0.25, -0.2) is 4.79 Å². The van der Waals surface area contributed by atoms with Crippen LogP contribution in [-0.4, -0.2) is 19.7 Å². The van der Waals surface area contributed by atoms with Gasteiger partial charge in [0.15, 0.2) is 8.03 Å². The molecule has 5 heteroatoms. The van der Waals surface area contributed by atoms with Gasteiger partial charge in [-0.3, -0.25) is 4.57 Å². The molecule has 0 aromatic heterocycles. The van der Waals surface area contributed by atoms with E-state index in [9.17, 15) is 9.36 Å². The molecule has 0 saturated carbocycles. The topological polar surface area (TPSA) is 52.6 Å². The highest BCUT2D eigenvalue weighted by atomic mass is 31.1. The van der Waals surface area contributed by atoms with Gasteiger partial charge in [-0.15, -0.1) is 0 Å². The van der Waals surface area contributed by atoms with Crippen molar-refractivity contribution in [1.29, 1.82) is 0 Å². The van der Waals surface area contributed by atoms with Crippen LogP contribution in [0.25, 0.3) is 0 Å². The maximum atomic E-state index is 11.4. The minimum absolute atomic E-state index is 0.342. The number of carbonyl (C=O) groups excluding carboxylic acids is 1. The zero-order valence-electron chi connectivity index (χ0n) is 9.36. The van der Waals surface area contributed by atoms with Gasteiger partial charge in [0.05, 0.1) is 12.2 Å². The molecular weight excluding hydrogens is 227 g/mol. The molecule has 0 spiro atoms. The first-order chi connectivity index (χ1) is 7.67. The van der Waals surface area contributed by atoms with Crippen LogP contribution in [-0.2, 0) is 20.0 Å². The molecular formula is C11H15O4P. The summed E-state index contributed by atoms with van der Waals surface area (Å²) < 4.78 is 20.8. The van der Waals surface area contributed by atoms with Crippen molar-refractivity contribution >= 4 is 14.0 Å². The minimum Gasteiger partial charge on any atom is -0.462 e. The van der Waals surface area contributed by atoms with E-state index < -0.39 is 8.03 Å². The molecule has 1 aromatic carbocycles. The standard InChI is InChI=1S/C11H15O4P/c1-3-15-11(12)10-6-4-5-9(7-10)8-16(13)14-2/h4-7,16H,3,8H2,1-2H3. The maximum absolute atomic E-state index is 11.4. The zero-order valence-corrected chi connectivity index (χ0v) is 10.4. The lowest BCUT2D eigenvalue weighted by molar-refractivity contribution is 0.0526. The molecule has 0 aliphatic heterocycles. The van der Waals surface area contributed by atoms with E-state index in [0.717, 1.165) is 5.56 Å². The predicted octanol–water partition coefficient (Wildman–Crippen LogP) is 2.48. The first-order valence-corrected chi connectivity index (χ1v) is 6.52. The molecule has 0 aliphatic carbocycles. The van der Waals surface area contributed by atoms with Gasteiger partial charge in [0, 0.05) is 13.3 Å². The van der Waals surface area contributed by atoms with Crippen molar-refractivity contribution in [3.63, 3.8) is 0 Å². The van der Waals surface area contributed by atoms with Crippen LogP contribution in [0.4, 0.5) is 0 Å². The number of benzene rings is 1. The van der Waals surface area contributed by atoms with Crippen LogP contribution < -0.4 is 0 Å². The van der Waals surface area contributed by atoms with Crippen LogP contribution in [0.15, 0.2) is 24.3 Å². The van der Waals surface area contributed by atoms with Gasteiger partial charge >= 0.3 is 5.97 Å². The molecule has 0 N–H and O–H groups in total. The van der Waals surface area contributed by atoms with Crippen LogP contribution in [0.1, 0.15) is 22.8 Å². The molecule has 88 valence electrons. The fourth-order valence-corrected chi connectivity index (χ4v) is 1.96. The van der Waals surface area contributed by atoms with Crippen LogP contribution in [0, 0.1) is 0 Å². The number of rotatable bonds is 5. The van der Waals surface area contributed by atoms with Crippen molar-refractivity contribution in [3.8, 4) is 0 Å². The summed E-state index contributed by atoms with van der Waals surface area (Å²) in [6, 6.07) is 6.90. The number of carbonyl (C=O) groups is 1. The lowest BCUT2D eigenvalue weighted by Crippen LogP contribution is -2.04. The van der Waals surface area contributed by atoms with Crippen LogP contribution in [0.3, 0.4) is 0 Å². The normalized spacial score (nSPS) is 12.1. The Hall–Kier alpha value is -1.12. The van der Waals surface area contributed by atoms with Crippen molar-refractivity contribution in [1.82, 2.24) is 0 Å². The molecule has 0 amide bonds. The second-order valence-corrected chi connectivity index (χ2v) is 4.68. The largest absolute Gasteiger partial charge is 0.462 e. The number of esters is 1. The van der Waals surface area contributed by atoms with E-state index in [4.69, 9.17) is 9.26 Å². The van der Waals surface area contributed by atoms with Crippen LogP contribution in [0.5, 0.6) is 0 Å². The fraction of sp³-hybridized carbons (Fsp3) is 0.364. The molecule has 1 atom stereocenters. The van der Waals surface area contributed by atoms with Gasteiger partial charge in [0.2, 0.25) is 0 Å². The lowest BCUT2D eigenvalue weighted by Gasteiger charge is -2.04. The summed E-state index contributed by atoms with van der Waals surface area (Å²) in [7, 11) is -0.624. The van der Waals surface area contributed by atoms with E-state index in [1.54, 1.807) is 25.1 Å². The Kier molecular flexibility index (Phi) is 5.23. The van der Waals surface area contributed by atoms with Gasteiger partial charge in [-0.05, 0) is 24.6 Å². The molecule has 4 nitrogen and oxygen atoms in total. The molecule has 0 fully saturated rings. The molecule has 16 heavy (non-hydrogen) atoms. The number of ether oxygens (including phenoxy) is 1. The van der Waals surface area contributed by atoms with Gasteiger partial charge in [-0.1, -0.05) is 12.1 Å². The Morgan fingerprint density at radius 2 is 2.19 bits per heavy atom. The number of hydrogen-bond donors (Lipinski definition) is 0. The fourth-order valence-electron chi connectivity index (χ4n) is 1.26. The average Bonchev–Trinajstić information content (AvgIpc) is 2.29. The molecule has 1 rings (SSSR count). The quantitative estimate of drug-likeness (QED) is 0.588. The highest BCUT2D eigenvalue weighted by molar-refractivity contribution is 7.38. The van der Waals surface area contributed by atoms with Gasteiger partial charge in [-0.2, -0.15) is 0 Å². The average molecular weight is 242 g/mol. The first-order valence-electron chi connectivity index (χ1n) is 5.00. The van der Waals surface area contributed by atoms with E-state index in [1.165, 1.54) is 7.11 Å². The number of hydrogen-bond acceptors (Lipinski definition) is 4. The Bertz CT molecular complexity index is 389. The molecule has 0 saturated heterocycles. The Balaban J connectivity index is 2.78. The predicted molar refractivity (Wildman–Crippen MR) is 62.1 cm³/mol. The van der Waals surface area contributed by atoms with E-state index in [0.29, 0.717) is 18.3 Å². The van der Waals surface area contributed by atoms with E-state index in [2.05, 4.69) is 0 Å².